The van der Waals surface area contributed by atoms with Gasteiger partial charge in [0.05, 0.1) is 0 Å². The van der Waals surface area contributed by atoms with Crippen molar-refractivity contribution in [3.8, 4) is 0 Å². The Morgan fingerprint density at radius 2 is 2.20 bits per heavy atom. The Balaban J connectivity index is 1.90. The maximum atomic E-state index is 8.61. The van der Waals surface area contributed by atoms with E-state index in [9.17, 15) is 0 Å². The van der Waals surface area contributed by atoms with E-state index >= 15 is 0 Å². The molecule has 1 rings (SSSR count). The van der Waals surface area contributed by atoms with Gasteiger partial charge in [0.15, 0.2) is 0 Å². The molecule has 90 valence electrons. The van der Waals surface area contributed by atoms with Crippen molar-refractivity contribution in [2.45, 2.75) is 44.2 Å². The molecule has 0 aliphatic heterocycles. The molecule has 1 fully saturated rings. The number of nitrogens with one attached hydrogen (secondary N) is 1. The molecule has 0 saturated heterocycles. The van der Waals surface area contributed by atoms with Crippen LogP contribution in [0.1, 0.15) is 32.1 Å². The third-order valence-corrected chi connectivity index (χ3v) is 3.91. The first-order chi connectivity index (χ1) is 7.33. The summed E-state index contributed by atoms with van der Waals surface area (Å²) in [4.78, 5) is 0. The van der Waals surface area contributed by atoms with Crippen molar-refractivity contribution in [1.82, 2.24) is 5.32 Å². The molecule has 3 nitrogen and oxygen atoms in total. The minimum Gasteiger partial charge on any atom is -0.396 e. The second-order valence-electron chi connectivity index (χ2n) is 4.27. The molecule has 0 aromatic rings. The van der Waals surface area contributed by atoms with Gasteiger partial charge in [0.1, 0.15) is 0 Å². The zero-order valence-corrected chi connectivity index (χ0v) is 10.3. The zero-order chi connectivity index (χ0) is 10.9. The van der Waals surface area contributed by atoms with Crippen LogP contribution in [0.5, 0.6) is 0 Å². The first-order valence-electron chi connectivity index (χ1n) is 6.00. The van der Waals surface area contributed by atoms with E-state index in [1.807, 2.05) is 11.8 Å². The maximum Gasteiger partial charge on any atom is 0.0438 e. The summed E-state index contributed by atoms with van der Waals surface area (Å²) in [5, 5.41) is 12.2. The van der Waals surface area contributed by atoms with Gasteiger partial charge in [0.25, 0.3) is 0 Å². The number of rotatable bonds is 7. The molecule has 4 N–H and O–H groups in total. The topological polar surface area (TPSA) is 58.3 Å². The van der Waals surface area contributed by atoms with E-state index in [-0.39, 0.29) is 0 Å². The fraction of sp³-hybridized carbons (Fsp3) is 1.00. The Labute approximate surface area is 97.2 Å². The maximum absolute atomic E-state index is 8.61. The van der Waals surface area contributed by atoms with Crippen molar-refractivity contribution in [3.63, 3.8) is 0 Å². The third kappa shape index (κ3) is 6.40. The summed E-state index contributed by atoms with van der Waals surface area (Å²) in [5.74, 6) is 2.22. The van der Waals surface area contributed by atoms with Crippen molar-refractivity contribution < 1.29 is 5.11 Å². The Morgan fingerprint density at radius 3 is 2.93 bits per heavy atom. The van der Waals surface area contributed by atoms with Crippen molar-refractivity contribution in [3.05, 3.63) is 0 Å². The molecule has 0 spiro atoms. The van der Waals surface area contributed by atoms with Crippen molar-refractivity contribution in [1.29, 1.82) is 0 Å². The second kappa shape index (κ2) is 8.39. The van der Waals surface area contributed by atoms with E-state index in [4.69, 9.17) is 10.8 Å². The van der Waals surface area contributed by atoms with E-state index in [1.54, 1.807) is 0 Å². The Bertz CT molecular complexity index is 158. The first kappa shape index (κ1) is 13.3. The monoisotopic (exact) mass is 232 g/mol. The second-order valence-corrected chi connectivity index (χ2v) is 5.49. The van der Waals surface area contributed by atoms with Gasteiger partial charge in [-0.2, -0.15) is 11.8 Å². The molecule has 15 heavy (non-hydrogen) atoms. The minimum atomic E-state index is 0.317. The number of nitrogens with two attached hydrogens (primary N) is 1. The van der Waals surface area contributed by atoms with Gasteiger partial charge in [-0.25, -0.2) is 0 Å². The van der Waals surface area contributed by atoms with Crippen LogP contribution in [0.15, 0.2) is 0 Å². The Kier molecular flexibility index (Phi) is 7.44. The zero-order valence-electron chi connectivity index (χ0n) is 9.45. The lowest BCUT2D eigenvalue weighted by atomic mass is 9.92. The van der Waals surface area contributed by atoms with E-state index in [0.717, 1.165) is 30.9 Å². The molecule has 0 aromatic heterocycles. The van der Waals surface area contributed by atoms with Crippen LogP contribution in [0.3, 0.4) is 0 Å². The number of hydrogen-bond donors (Lipinski definition) is 3. The van der Waals surface area contributed by atoms with Gasteiger partial charge in [-0.3, -0.25) is 0 Å². The molecule has 1 saturated carbocycles. The predicted octanol–water partition coefficient (Wildman–Crippen LogP) is 0.961. The molecule has 2 unspecified atom stereocenters. The van der Waals surface area contributed by atoms with Crippen molar-refractivity contribution >= 4 is 11.8 Å². The largest absolute Gasteiger partial charge is 0.396 e. The first-order valence-corrected chi connectivity index (χ1v) is 7.16. The SMILES string of the molecule is NC1CCCC(NCCSCCCO)C1. The van der Waals surface area contributed by atoms with Crippen molar-refractivity contribution in [2.24, 2.45) is 5.73 Å². The third-order valence-electron chi connectivity index (χ3n) is 2.84. The normalized spacial score (nSPS) is 26.8. The lowest BCUT2D eigenvalue weighted by Crippen LogP contribution is -2.40. The Hall–Kier alpha value is 0.230. The van der Waals surface area contributed by atoms with Gasteiger partial charge < -0.3 is 16.2 Å². The average Bonchev–Trinajstić information content (AvgIpc) is 2.23. The van der Waals surface area contributed by atoms with Crippen LogP contribution in [0.2, 0.25) is 0 Å². The standard InChI is InChI=1S/C11H24N2OS/c12-10-3-1-4-11(9-10)13-5-8-15-7-2-6-14/h10-11,13-14H,1-9,12H2. The highest BCUT2D eigenvalue weighted by Crippen LogP contribution is 2.16. The van der Waals surface area contributed by atoms with Crippen LogP contribution >= 0.6 is 11.8 Å². The summed E-state index contributed by atoms with van der Waals surface area (Å²) >= 11 is 1.91. The van der Waals surface area contributed by atoms with Gasteiger partial charge >= 0.3 is 0 Å². The van der Waals surface area contributed by atoms with Gasteiger partial charge in [-0.05, 0) is 31.4 Å². The van der Waals surface area contributed by atoms with E-state index in [2.05, 4.69) is 5.32 Å². The lowest BCUT2D eigenvalue weighted by Gasteiger charge is -2.27. The number of aliphatic hydroxyl groups excluding tert-OH is 1. The quantitative estimate of drug-likeness (QED) is 0.572. The fourth-order valence-electron chi connectivity index (χ4n) is 2.02. The Morgan fingerprint density at radius 1 is 1.33 bits per heavy atom. The molecule has 1 aliphatic carbocycles. The highest BCUT2D eigenvalue weighted by molar-refractivity contribution is 7.99. The molecular formula is C11H24N2OS. The summed E-state index contributed by atoms with van der Waals surface area (Å²) in [6.07, 6.45) is 5.81. The van der Waals surface area contributed by atoms with Crippen LogP contribution in [0.4, 0.5) is 0 Å². The van der Waals surface area contributed by atoms with Crippen LogP contribution in [-0.2, 0) is 0 Å². The summed E-state index contributed by atoms with van der Waals surface area (Å²) in [6, 6.07) is 1.06. The summed E-state index contributed by atoms with van der Waals surface area (Å²) in [5.41, 5.74) is 5.92. The number of thioether (sulfide) groups is 1. The minimum absolute atomic E-state index is 0.317. The molecule has 0 bridgehead atoms. The van der Waals surface area contributed by atoms with Gasteiger partial charge in [-0.15, -0.1) is 0 Å². The highest BCUT2D eigenvalue weighted by atomic mass is 32.2. The molecular weight excluding hydrogens is 208 g/mol. The van der Waals surface area contributed by atoms with Crippen molar-refractivity contribution in [2.75, 3.05) is 24.7 Å². The van der Waals surface area contributed by atoms with Gasteiger partial charge in [-0.1, -0.05) is 6.42 Å². The number of hydrogen-bond acceptors (Lipinski definition) is 4. The fourth-order valence-corrected chi connectivity index (χ4v) is 2.82. The molecule has 0 aromatic carbocycles. The average molecular weight is 232 g/mol. The summed E-state index contributed by atoms with van der Waals surface area (Å²) in [6.45, 7) is 1.39. The molecule has 2 atom stereocenters. The van der Waals surface area contributed by atoms with E-state index < -0.39 is 0 Å². The smallest absolute Gasteiger partial charge is 0.0438 e. The molecule has 0 heterocycles. The molecule has 4 heteroatoms. The highest BCUT2D eigenvalue weighted by Gasteiger charge is 2.17. The predicted molar refractivity (Wildman–Crippen MR) is 67.3 cm³/mol. The van der Waals surface area contributed by atoms with Gasteiger partial charge in [0, 0.05) is 31.0 Å². The molecule has 1 aliphatic rings. The van der Waals surface area contributed by atoms with Crippen LogP contribution < -0.4 is 11.1 Å². The molecule has 0 radical (unpaired) electrons. The molecule has 0 amide bonds. The van der Waals surface area contributed by atoms with Crippen LogP contribution in [0, 0.1) is 0 Å². The summed E-state index contributed by atoms with van der Waals surface area (Å²) < 4.78 is 0. The summed E-state index contributed by atoms with van der Waals surface area (Å²) in [7, 11) is 0. The lowest BCUT2D eigenvalue weighted by molar-refractivity contribution is 0.296. The van der Waals surface area contributed by atoms with Crippen LogP contribution in [-0.4, -0.2) is 41.8 Å². The van der Waals surface area contributed by atoms with Gasteiger partial charge in [0.2, 0.25) is 0 Å². The van der Waals surface area contributed by atoms with Crippen LogP contribution in [0.25, 0.3) is 0 Å². The van der Waals surface area contributed by atoms with E-state index in [0.29, 0.717) is 18.7 Å². The number of aliphatic hydroxyl groups is 1. The van der Waals surface area contributed by atoms with E-state index in [1.165, 1.54) is 19.3 Å².